The average Bonchev–Trinajstić information content (AvgIpc) is 3.17. The van der Waals surface area contributed by atoms with Crippen LogP contribution >= 0.6 is 0 Å². The molecule has 1 aliphatic rings. The molecule has 0 saturated carbocycles. The van der Waals surface area contributed by atoms with Gasteiger partial charge in [-0.1, -0.05) is 18.2 Å². The summed E-state index contributed by atoms with van der Waals surface area (Å²) in [6, 6.07) is 13.0. The van der Waals surface area contributed by atoms with Gasteiger partial charge in [-0.25, -0.2) is 4.79 Å². The first-order valence-corrected chi connectivity index (χ1v) is 9.62. The summed E-state index contributed by atoms with van der Waals surface area (Å²) in [5.41, 5.74) is 2.55. The third-order valence-electron chi connectivity index (χ3n) is 5.38. The zero-order valence-electron chi connectivity index (χ0n) is 17.3. The molecule has 0 radical (unpaired) electrons. The van der Waals surface area contributed by atoms with Crippen molar-refractivity contribution in [1.29, 1.82) is 0 Å². The molecular formula is C23H22N2O6. The van der Waals surface area contributed by atoms with E-state index in [1.165, 1.54) is 21.3 Å². The fraction of sp³-hybridized carbons (Fsp3) is 0.217. The Balaban J connectivity index is 1.98. The van der Waals surface area contributed by atoms with Crippen LogP contribution in [-0.4, -0.2) is 42.9 Å². The van der Waals surface area contributed by atoms with Gasteiger partial charge in [-0.15, -0.1) is 0 Å². The highest BCUT2D eigenvalue weighted by Crippen LogP contribution is 2.46. The minimum absolute atomic E-state index is 0.0318. The fourth-order valence-corrected chi connectivity index (χ4v) is 4.01. The van der Waals surface area contributed by atoms with Crippen LogP contribution in [0, 0.1) is 0 Å². The lowest BCUT2D eigenvalue weighted by atomic mass is 9.87. The molecule has 8 nitrogen and oxygen atoms in total. The van der Waals surface area contributed by atoms with Crippen LogP contribution < -0.4 is 19.5 Å². The average molecular weight is 422 g/mol. The number of nitrogens with zero attached hydrogens (tertiary/aromatic N) is 1. The number of rotatable bonds is 6. The minimum Gasteiger partial charge on any atom is -0.493 e. The van der Waals surface area contributed by atoms with E-state index < -0.39 is 11.9 Å². The molecular weight excluding hydrogens is 400 g/mol. The molecule has 0 aliphatic carbocycles. The van der Waals surface area contributed by atoms with E-state index in [-0.39, 0.29) is 17.9 Å². The van der Waals surface area contributed by atoms with E-state index in [0.29, 0.717) is 28.6 Å². The molecule has 0 fully saturated rings. The monoisotopic (exact) mass is 422 g/mol. The number of fused-ring (bicyclic) bond motifs is 1. The topological polar surface area (TPSA) is 99.0 Å². The predicted octanol–water partition coefficient (Wildman–Crippen LogP) is 3.68. The zero-order chi connectivity index (χ0) is 22.1. The first-order chi connectivity index (χ1) is 15.0. The smallest absolute Gasteiger partial charge is 0.339 e. The Bertz CT molecular complexity index is 1130. The van der Waals surface area contributed by atoms with Gasteiger partial charge in [-0.05, 0) is 29.8 Å². The number of anilines is 1. The molecule has 8 heteroatoms. The number of ether oxygens (including phenoxy) is 3. The van der Waals surface area contributed by atoms with Crippen LogP contribution in [0.4, 0.5) is 5.69 Å². The highest BCUT2D eigenvalue weighted by atomic mass is 16.5. The zero-order valence-corrected chi connectivity index (χ0v) is 17.3. The Morgan fingerprint density at radius 1 is 1.06 bits per heavy atom. The molecule has 4 rings (SSSR count). The summed E-state index contributed by atoms with van der Waals surface area (Å²) >= 11 is 0. The lowest BCUT2D eigenvalue weighted by Gasteiger charge is -2.27. The Morgan fingerprint density at radius 3 is 2.26 bits per heavy atom. The maximum Gasteiger partial charge on any atom is 0.339 e. The van der Waals surface area contributed by atoms with Gasteiger partial charge < -0.3 is 29.2 Å². The number of aromatic carboxylic acids is 1. The molecule has 160 valence electrons. The Labute approximate surface area is 179 Å². The molecule has 0 saturated heterocycles. The first kappa shape index (κ1) is 20.3. The molecule has 2 aromatic carbocycles. The fourth-order valence-electron chi connectivity index (χ4n) is 4.01. The quantitative estimate of drug-likeness (QED) is 0.629. The number of benzene rings is 2. The second-order valence-electron chi connectivity index (χ2n) is 7.08. The van der Waals surface area contributed by atoms with Gasteiger partial charge in [-0.3, -0.25) is 4.79 Å². The van der Waals surface area contributed by atoms with Gasteiger partial charge in [0.1, 0.15) is 5.56 Å². The van der Waals surface area contributed by atoms with Gasteiger partial charge in [-0.2, -0.15) is 0 Å². The van der Waals surface area contributed by atoms with Gasteiger partial charge in [0.25, 0.3) is 0 Å². The summed E-state index contributed by atoms with van der Waals surface area (Å²) in [5.74, 6) is -0.442. The number of carboxylic acid groups (broad SMARTS) is 1. The molecule has 1 aliphatic heterocycles. The van der Waals surface area contributed by atoms with Gasteiger partial charge in [0.15, 0.2) is 11.5 Å². The number of para-hydroxylation sites is 1. The third-order valence-corrected chi connectivity index (χ3v) is 5.38. The summed E-state index contributed by atoms with van der Waals surface area (Å²) in [6.45, 7) is 0. The second-order valence-corrected chi connectivity index (χ2v) is 7.08. The normalized spacial score (nSPS) is 15.1. The number of methoxy groups -OCH3 is 3. The van der Waals surface area contributed by atoms with E-state index in [0.717, 1.165) is 11.3 Å². The number of amides is 1. The van der Waals surface area contributed by atoms with Crippen molar-refractivity contribution < 1.29 is 28.9 Å². The molecule has 0 unspecified atom stereocenters. The molecule has 2 heterocycles. The number of hydrogen-bond donors (Lipinski definition) is 2. The van der Waals surface area contributed by atoms with Crippen LogP contribution in [0.3, 0.4) is 0 Å². The lowest BCUT2D eigenvalue weighted by molar-refractivity contribution is -0.116. The van der Waals surface area contributed by atoms with E-state index in [2.05, 4.69) is 5.32 Å². The summed E-state index contributed by atoms with van der Waals surface area (Å²) in [7, 11) is 4.57. The van der Waals surface area contributed by atoms with Gasteiger partial charge in [0.2, 0.25) is 11.7 Å². The van der Waals surface area contributed by atoms with Crippen molar-refractivity contribution in [3.05, 3.63) is 65.5 Å². The van der Waals surface area contributed by atoms with E-state index >= 15 is 0 Å². The van der Waals surface area contributed by atoms with Crippen LogP contribution in [0.15, 0.2) is 48.7 Å². The number of hydrogen-bond acceptors (Lipinski definition) is 5. The van der Waals surface area contributed by atoms with E-state index in [1.807, 2.05) is 34.9 Å². The molecule has 0 bridgehead atoms. The summed E-state index contributed by atoms with van der Waals surface area (Å²) in [4.78, 5) is 24.5. The van der Waals surface area contributed by atoms with Crippen LogP contribution in [0.5, 0.6) is 17.2 Å². The minimum atomic E-state index is -1.11. The standard InChI is InChI=1S/C23H22N2O6/c1-29-17-9-13(10-18(30-2)22(17)31-3)15-11-19(26)24-20-16(23(27)28)12-25(21(15)20)14-7-5-4-6-8-14/h4-10,12,15H,11H2,1-3H3,(H,24,26)(H,27,28)/t15-/m0/s1. The molecule has 31 heavy (non-hydrogen) atoms. The molecule has 1 amide bonds. The summed E-state index contributed by atoms with van der Waals surface area (Å²) < 4.78 is 18.2. The van der Waals surface area contributed by atoms with E-state index in [4.69, 9.17) is 14.2 Å². The number of nitrogens with one attached hydrogen (secondary N) is 1. The van der Waals surface area contributed by atoms with Gasteiger partial charge >= 0.3 is 5.97 Å². The Kier molecular flexibility index (Phi) is 5.29. The van der Waals surface area contributed by atoms with Gasteiger partial charge in [0.05, 0.1) is 32.7 Å². The maximum atomic E-state index is 12.6. The van der Waals surface area contributed by atoms with Crippen molar-refractivity contribution >= 4 is 17.6 Å². The van der Waals surface area contributed by atoms with Crippen LogP contribution in [-0.2, 0) is 4.79 Å². The number of aromatic nitrogens is 1. The maximum absolute atomic E-state index is 12.6. The van der Waals surface area contributed by atoms with E-state index in [9.17, 15) is 14.7 Å². The third kappa shape index (κ3) is 3.46. The van der Waals surface area contributed by atoms with Crippen molar-refractivity contribution in [2.45, 2.75) is 12.3 Å². The SMILES string of the molecule is COc1cc([C@@H]2CC(=O)Nc3c(C(=O)O)cn(-c4ccccc4)c32)cc(OC)c1OC. The van der Waals surface area contributed by atoms with Gasteiger partial charge in [0, 0.05) is 24.2 Å². The molecule has 2 N–H and O–H groups in total. The molecule has 0 spiro atoms. The van der Waals surface area contributed by atoms with Crippen LogP contribution in [0.25, 0.3) is 5.69 Å². The molecule has 1 aromatic heterocycles. The predicted molar refractivity (Wildman–Crippen MR) is 114 cm³/mol. The summed E-state index contributed by atoms with van der Waals surface area (Å²) in [5, 5.41) is 12.5. The Hall–Kier alpha value is -3.94. The number of carbonyl (C=O) groups excluding carboxylic acids is 1. The van der Waals surface area contributed by atoms with E-state index in [1.54, 1.807) is 18.3 Å². The van der Waals surface area contributed by atoms with Crippen LogP contribution in [0.1, 0.15) is 34.0 Å². The van der Waals surface area contributed by atoms with Crippen molar-refractivity contribution in [1.82, 2.24) is 4.57 Å². The highest BCUT2D eigenvalue weighted by molar-refractivity contribution is 6.04. The molecule has 1 atom stereocenters. The molecule has 3 aromatic rings. The second kappa shape index (κ2) is 8.06. The van der Waals surface area contributed by atoms with Crippen molar-refractivity contribution in [3.63, 3.8) is 0 Å². The first-order valence-electron chi connectivity index (χ1n) is 9.62. The van der Waals surface area contributed by atoms with Crippen LogP contribution in [0.2, 0.25) is 0 Å². The van der Waals surface area contributed by atoms with Crippen molar-refractivity contribution in [2.24, 2.45) is 0 Å². The summed E-state index contributed by atoms with van der Waals surface area (Å²) in [6.07, 6.45) is 1.68. The number of carbonyl (C=O) groups is 2. The number of carboxylic acids is 1. The van der Waals surface area contributed by atoms with Crippen molar-refractivity contribution in [3.8, 4) is 22.9 Å². The Morgan fingerprint density at radius 2 is 1.71 bits per heavy atom. The van der Waals surface area contributed by atoms with Crippen molar-refractivity contribution in [2.75, 3.05) is 26.6 Å². The highest BCUT2D eigenvalue weighted by Gasteiger charge is 2.35. The largest absolute Gasteiger partial charge is 0.493 e. The lowest BCUT2D eigenvalue weighted by Crippen LogP contribution is -2.25.